The first kappa shape index (κ1) is 13.7. The van der Waals surface area contributed by atoms with Crippen molar-refractivity contribution in [1.29, 1.82) is 0 Å². The Labute approximate surface area is 113 Å². The fraction of sp³-hybridized carbons (Fsp3) is 0.154. The van der Waals surface area contributed by atoms with Gasteiger partial charge in [-0.15, -0.1) is 0 Å². The second-order valence-corrected chi connectivity index (χ2v) is 4.13. The predicted octanol–water partition coefficient (Wildman–Crippen LogP) is 2.82. The molecule has 0 spiro atoms. The molecular formula is C13H11FN2O4. The first-order valence-electron chi connectivity index (χ1n) is 5.77. The zero-order valence-electron chi connectivity index (χ0n) is 10.5. The van der Waals surface area contributed by atoms with Crippen molar-refractivity contribution < 1.29 is 18.5 Å². The lowest BCUT2D eigenvalue weighted by Crippen LogP contribution is -2.27. The minimum atomic E-state index is -0.820. The summed E-state index contributed by atoms with van der Waals surface area (Å²) in [5.41, 5.74) is -0.722. The van der Waals surface area contributed by atoms with Gasteiger partial charge in [-0.2, -0.15) is 0 Å². The fourth-order valence-electron chi connectivity index (χ4n) is 1.68. The molecule has 0 saturated carbocycles. The summed E-state index contributed by atoms with van der Waals surface area (Å²) >= 11 is 0. The van der Waals surface area contributed by atoms with Crippen molar-refractivity contribution in [1.82, 2.24) is 5.32 Å². The van der Waals surface area contributed by atoms with E-state index in [4.69, 9.17) is 4.42 Å². The number of amides is 1. The highest BCUT2D eigenvalue weighted by Crippen LogP contribution is 2.18. The van der Waals surface area contributed by atoms with Crippen molar-refractivity contribution in [3.63, 3.8) is 0 Å². The molecule has 1 unspecified atom stereocenters. The first-order chi connectivity index (χ1) is 9.49. The third-order valence-electron chi connectivity index (χ3n) is 2.72. The highest BCUT2D eigenvalue weighted by atomic mass is 19.1. The van der Waals surface area contributed by atoms with E-state index in [1.807, 2.05) is 0 Å². The Bertz CT molecular complexity index is 640. The summed E-state index contributed by atoms with van der Waals surface area (Å²) in [5, 5.41) is 13.1. The molecular weight excluding hydrogens is 267 g/mol. The van der Waals surface area contributed by atoms with E-state index >= 15 is 0 Å². The van der Waals surface area contributed by atoms with Crippen LogP contribution in [0.4, 0.5) is 10.1 Å². The highest BCUT2D eigenvalue weighted by Gasteiger charge is 2.19. The Hall–Kier alpha value is -2.70. The Kier molecular flexibility index (Phi) is 3.79. The maximum absolute atomic E-state index is 13.6. The Balaban J connectivity index is 2.20. The molecule has 0 radical (unpaired) electrons. The van der Waals surface area contributed by atoms with Crippen LogP contribution in [0.2, 0.25) is 0 Å². The quantitative estimate of drug-likeness (QED) is 0.688. The highest BCUT2D eigenvalue weighted by molar-refractivity contribution is 5.95. The van der Waals surface area contributed by atoms with Crippen LogP contribution < -0.4 is 5.32 Å². The van der Waals surface area contributed by atoms with Crippen molar-refractivity contribution in [2.75, 3.05) is 0 Å². The summed E-state index contributed by atoms with van der Waals surface area (Å²) < 4.78 is 18.7. The molecule has 0 aliphatic rings. The zero-order valence-corrected chi connectivity index (χ0v) is 10.5. The van der Waals surface area contributed by atoms with Gasteiger partial charge >= 0.3 is 0 Å². The van der Waals surface area contributed by atoms with E-state index in [9.17, 15) is 19.3 Å². The van der Waals surface area contributed by atoms with Gasteiger partial charge in [0.05, 0.1) is 22.8 Å². The van der Waals surface area contributed by atoms with Crippen LogP contribution in [0.25, 0.3) is 0 Å². The molecule has 20 heavy (non-hydrogen) atoms. The van der Waals surface area contributed by atoms with Gasteiger partial charge in [0.1, 0.15) is 11.6 Å². The maximum Gasteiger partial charge on any atom is 0.270 e. The number of carbonyl (C=O) groups excluding carboxylic acids is 1. The number of furan rings is 1. The molecule has 1 amide bonds. The van der Waals surface area contributed by atoms with Gasteiger partial charge in [0.2, 0.25) is 0 Å². The van der Waals surface area contributed by atoms with Gasteiger partial charge in [0, 0.05) is 12.1 Å². The number of non-ortho nitro benzene ring substituents is 1. The fourth-order valence-corrected chi connectivity index (χ4v) is 1.68. The van der Waals surface area contributed by atoms with Crippen LogP contribution in [-0.2, 0) is 0 Å². The lowest BCUT2D eigenvalue weighted by molar-refractivity contribution is -0.384. The summed E-state index contributed by atoms with van der Waals surface area (Å²) in [6.07, 6.45) is 1.45. The molecule has 1 aromatic heterocycles. The van der Waals surface area contributed by atoms with E-state index in [1.54, 1.807) is 19.1 Å². The van der Waals surface area contributed by atoms with Crippen LogP contribution in [0.1, 0.15) is 29.1 Å². The third-order valence-corrected chi connectivity index (χ3v) is 2.72. The normalized spacial score (nSPS) is 11.9. The van der Waals surface area contributed by atoms with Crippen LogP contribution in [0.5, 0.6) is 0 Å². The molecule has 0 bridgehead atoms. The van der Waals surface area contributed by atoms with E-state index in [0.717, 1.165) is 18.2 Å². The van der Waals surface area contributed by atoms with Crippen molar-refractivity contribution >= 4 is 11.6 Å². The Morgan fingerprint density at radius 1 is 1.45 bits per heavy atom. The monoisotopic (exact) mass is 278 g/mol. The summed E-state index contributed by atoms with van der Waals surface area (Å²) in [6, 6.07) is 5.64. The summed E-state index contributed by atoms with van der Waals surface area (Å²) in [4.78, 5) is 21.9. The van der Waals surface area contributed by atoms with Crippen LogP contribution in [0.15, 0.2) is 41.0 Å². The number of nitro benzene ring substituents is 1. The largest absolute Gasteiger partial charge is 0.467 e. The number of rotatable bonds is 4. The number of hydrogen-bond donors (Lipinski definition) is 1. The molecule has 104 valence electrons. The van der Waals surface area contributed by atoms with E-state index < -0.39 is 22.7 Å². The average Bonchev–Trinajstić information content (AvgIpc) is 2.92. The molecule has 1 heterocycles. The molecule has 1 aromatic carbocycles. The second-order valence-electron chi connectivity index (χ2n) is 4.13. The summed E-state index contributed by atoms with van der Waals surface area (Å²) in [7, 11) is 0. The van der Waals surface area contributed by atoms with Crippen LogP contribution in [0, 0.1) is 15.9 Å². The smallest absolute Gasteiger partial charge is 0.270 e. The molecule has 2 rings (SSSR count). The van der Waals surface area contributed by atoms with Crippen molar-refractivity contribution in [3.05, 3.63) is 63.9 Å². The van der Waals surface area contributed by atoms with E-state index in [2.05, 4.69) is 5.32 Å². The molecule has 2 aromatic rings. The number of carbonyl (C=O) groups is 1. The number of nitrogens with one attached hydrogen (secondary N) is 1. The number of benzene rings is 1. The maximum atomic E-state index is 13.6. The molecule has 6 nitrogen and oxygen atoms in total. The number of nitrogens with zero attached hydrogens (tertiary/aromatic N) is 1. The van der Waals surface area contributed by atoms with Crippen molar-refractivity contribution in [2.45, 2.75) is 13.0 Å². The standard InChI is InChI=1S/C13H11FN2O4/c1-8(12-3-2-6-20-12)15-13(17)10-7-9(16(18)19)4-5-11(10)14/h2-8H,1H3,(H,15,17). The zero-order chi connectivity index (χ0) is 14.7. The van der Waals surface area contributed by atoms with E-state index in [0.29, 0.717) is 5.76 Å². The molecule has 1 N–H and O–H groups in total. The molecule has 0 fully saturated rings. The van der Waals surface area contributed by atoms with Crippen molar-refractivity contribution in [2.24, 2.45) is 0 Å². The Morgan fingerprint density at radius 2 is 2.20 bits per heavy atom. The second kappa shape index (κ2) is 5.52. The van der Waals surface area contributed by atoms with Crippen LogP contribution in [-0.4, -0.2) is 10.8 Å². The molecule has 7 heteroatoms. The van der Waals surface area contributed by atoms with Gasteiger partial charge in [-0.3, -0.25) is 14.9 Å². The van der Waals surface area contributed by atoms with Crippen LogP contribution in [0.3, 0.4) is 0 Å². The Morgan fingerprint density at radius 3 is 2.80 bits per heavy atom. The predicted molar refractivity (Wildman–Crippen MR) is 67.6 cm³/mol. The number of hydrogen-bond acceptors (Lipinski definition) is 4. The topological polar surface area (TPSA) is 85.4 Å². The SMILES string of the molecule is CC(NC(=O)c1cc([N+](=O)[O-])ccc1F)c1ccco1. The van der Waals surface area contributed by atoms with Gasteiger partial charge in [0.25, 0.3) is 11.6 Å². The molecule has 1 atom stereocenters. The first-order valence-corrected chi connectivity index (χ1v) is 5.77. The van der Waals surface area contributed by atoms with Gasteiger partial charge in [0.15, 0.2) is 0 Å². The summed E-state index contributed by atoms with van der Waals surface area (Å²) in [6.45, 7) is 1.66. The molecule has 0 aliphatic heterocycles. The van der Waals surface area contributed by atoms with Gasteiger partial charge in [-0.25, -0.2) is 4.39 Å². The van der Waals surface area contributed by atoms with Gasteiger partial charge in [-0.05, 0) is 25.1 Å². The minimum Gasteiger partial charge on any atom is -0.467 e. The lowest BCUT2D eigenvalue weighted by atomic mass is 10.1. The summed E-state index contributed by atoms with van der Waals surface area (Å²) in [5.74, 6) is -1.06. The van der Waals surface area contributed by atoms with Gasteiger partial charge < -0.3 is 9.73 Å². The number of halogens is 1. The molecule has 0 aliphatic carbocycles. The third kappa shape index (κ3) is 2.82. The number of nitro groups is 1. The minimum absolute atomic E-state index is 0.345. The average molecular weight is 278 g/mol. The van der Waals surface area contributed by atoms with E-state index in [1.165, 1.54) is 6.26 Å². The van der Waals surface area contributed by atoms with Crippen LogP contribution >= 0.6 is 0 Å². The molecule has 0 saturated heterocycles. The lowest BCUT2D eigenvalue weighted by Gasteiger charge is -2.11. The van der Waals surface area contributed by atoms with Gasteiger partial charge in [-0.1, -0.05) is 0 Å². The van der Waals surface area contributed by atoms with Crippen molar-refractivity contribution in [3.8, 4) is 0 Å². The van der Waals surface area contributed by atoms with E-state index in [-0.39, 0.29) is 11.3 Å².